The van der Waals surface area contributed by atoms with Gasteiger partial charge in [-0.15, -0.1) is 0 Å². The van der Waals surface area contributed by atoms with Gasteiger partial charge in [0.1, 0.15) is 23.5 Å². The molecule has 3 nitrogen and oxygen atoms in total. The molecule has 2 aromatic carbocycles. The molecule has 0 bridgehead atoms. The van der Waals surface area contributed by atoms with Gasteiger partial charge in [0.25, 0.3) is 0 Å². The molecule has 0 N–H and O–H groups in total. The van der Waals surface area contributed by atoms with E-state index in [0.29, 0.717) is 5.57 Å². The van der Waals surface area contributed by atoms with Crippen LogP contribution in [0.4, 0.5) is 0 Å². The largest absolute Gasteiger partial charge is 0.496 e. The summed E-state index contributed by atoms with van der Waals surface area (Å²) in [5.74, 6) is 0.738. The van der Waals surface area contributed by atoms with Crippen LogP contribution in [0.25, 0.3) is 11.6 Å². The van der Waals surface area contributed by atoms with Gasteiger partial charge in [-0.25, -0.2) is 0 Å². The molecule has 0 aliphatic rings. The first-order chi connectivity index (χ1) is 10.8. The Hall–Kier alpha value is -3.30. The molecule has 106 valence electrons. The molecule has 0 unspecified atom stereocenters. The number of benzene rings is 2. The van der Waals surface area contributed by atoms with Gasteiger partial charge in [0.05, 0.1) is 7.11 Å². The maximum Gasteiger partial charge on any atom is 0.137 e. The van der Waals surface area contributed by atoms with Crippen molar-refractivity contribution in [1.29, 1.82) is 10.5 Å². The van der Waals surface area contributed by atoms with Crippen molar-refractivity contribution >= 4 is 11.6 Å². The van der Waals surface area contributed by atoms with Gasteiger partial charge in [0.2, 0.25) is 0 Å². The van der Waals surface area contributed by atoms with Crippen molar-refractivity contribution in [3.05, 3.63) is 77.4 Å². The Labute approximate surface area is 130 Å². The van der Waals surface area contributed by atoms with Gasteiger partial charge in [-0.05, 0) is 11.6 Å². The minimum Gasteiger partial charge on any atom is -0.496 e. The first kappa shape index (κ1) is 15.1. The summed E-state index contributed by atoms with van der Waals surface area (Å²) in [6.07, 6.45) is 3.62. The van der Waals surface area contributed by atoms with Crippen LogP contribution >= 0.6 is 0 Å². The van der Waals surface area contributed by atoms with Gasteiger partial charge in [-0.2, -0.15) is 10.5 Å². The van der Waals surface area contributed by atoms with Crippen molar-refractivity contribution < 1.29 is 4.74 Å². The van der Waals surface area contributed by atoms with E-state index in [9.17, 15) is 0 Å². The van der Waals surface area contributed by atoms with E-state index < -0.39 is 0 Å². The van der Waals surface area contributed by atoms with Gasteiger partial charge in [-0.3, -0.25) is 0 Å². The maximum atomic E-state index is 9.17. The molecule has 2 aromatic rings. The smallest absolute Gasteiger partial charge is 0.137 e. The van der Waals surface area contributed by atoms with Crippen molar-refractivity contribution in [3.63, 3.8) is 0 Å². The summed E-state index contributed by atoms with van der Waals surface area (Å²) < 4.78 is 5.30. The van der Waals surface area contributed by atoms with E-state index in [1.54, 1.807) is 13.2 Å². The summed E-state index contributed by atoms with van der Waals surface area (Å²) in [6.45, 7) is 0. The third kappa shape index (κ3) is 3.42. The number of allylic oxidation sites excluding steroid dienone is 3. The number of nitrogens with zero attached hydrogens (tertiary/aromatic N) is 2. The SMILES string of the molecule is COc1ccccc1/C=C/C(=C(C#N)C#N)c1ccccc1. The van der Waals surface area contributed by atoms with Crippen LogP contribution < -0.4 is 4.74 Å². The second-order valence-corrected chi connectivity index (χ2v) is 4.45. The molecule has 3 heteroatoms. The summed E-state index contributed by atoms with van der Waals surface area (Å²) in [7, 11) is 1.61. The number of ether oxygens (including phenoxy) is 1. The molecule has 0 radical (unpaired) electrons. The van der Waals surface area contributed by atoms with Crippen molar-refractivity contribution in [1.82, 2.24) is 0 Å². The predicted molar refractivity (Wildman–Crippen MR) is 86.6 cm³/mol. The van der Waals surface area contributed by atoms with E-state index in [4.69, 9.17) is 15.3 Å². The lowest BCUT2D eigenvalue weighted by Gasteiger charge is -2.05. The highest BCUT2D eigenvalue weighted by atomic mass is 16.5. The monoisotopic (exact) mass is 286 g/mol. The third-order valence-corrected chi connectivity index (χ3v) is 3.15. The number of para-hydroxylation sites is 1. The van der Waals surface area contributed by atoms with Crippen LogP contribution in [0.3, 0.4) is 0 Å². The third-order valence-electron chi connectivity index (χ3n) is 3.15. The first-order valence-corrected chi connectivity index (χ1v) is 6.71. The number of hydrogen-bond donors (Lipinski definition) is 0. The van der Waals surface area contributed by atoms with Crippen molar-refractivity contribution in [3.8, 4) is 17.9 Å². The lowest BCUT2D eigenvalue weighted by atomic mass is 9.99. The zero-order valence-corrected chi connectivity index (χ0v) is 12.2. The van der Waals surface area contributed by atoms with E-state index in [-0.39, 0.29) is 5.57 Å². The Balaban J connectivity index is 2.50. The van der Waals surface area contributed by atoms with Crippen LogP contribution in [0, 0.1) is 22.7 Å². The summed E-state index contributed by atoms with van der Waals surface area (Å²) in [4.78, 5) is 0. The fourth-order valence-electron chi connectivity index (χ4n) is 2.06. The summed E-state index contributed by atoms with van der Waals surface area (Å²) in [5.41, 5.74) is 2.38. The maximum absolute atomic E-state index is 9.17. The Morgan fingerprint density at radius 1 is 0.955 bits per heavy atom. The minimum absolute atomic E-state index is 0.0809. The number of methoxy groups -OCH3 is 1. The van der Waals surface area contributed by atoms with Crippen molar-refractivity contribution in [2.24, 2.45) is 0 Å². The number of hydrogen-bond acceptors (Lipinski definition) is 3. The molecule has 0 aliphatic carbocycles. The Kier molecular flexibility index (Phi) is 5.13. The Bertz CT molecular complexity index is 774. The lowest BCUT2D eigenvalue weighted by molar-refractivity contribution is 0.414. The average Bonchev–Trinajstić information content (AvgIpc) is 2.59. The highest BCUT2D eigenvalue weighted by Crippen LogP contribution is 2.24. The fraction of sp³-hybridized carbons (Fsp3) is 0.0526. The van der Waals surface area contributed by atoms with Crippen LogP contribution in [0.15, 0.2) is 66.2 Å². The number of rotatable bonds is 4. The number of nitriles is 2. The molecule has 0 saturated carbocycles. The zero-order valence-electron chi connectivity index (χ0n) is 12.2. The molecule has 0 saturated heterocycles. The van der Waals surface area contributed by atoms with E-state index in [1.807, 2.05) is 72.8 Å². The topological polar surface area (TPSA) is 56.8 Å². The highest BCUT2D eigenvalue weighted by molar-refractivity contribution is 5.85. The molecule has 0 fully saturated rings. The van der Waals surface area contributed by atoms with Crippen LogP contribution in [0.5, 0.6) is 5.75 Å². The molecule has 2 rings (SSSR count). The molecule has 0 atom stereocenters. The quantitative estimate of drug-likeness (QED) is 0.625. The highest BCUT2D eigenvalue weighted by Gasteiger charge is 2.06. The molecule has 0 spiro atoms. The molecular weight excluding hydrogens is 272 g/mol. The second kappa shape index (κ2) is 7.47. The first-order valence-electron chi connectivity index (χ1n) is 6.71. The predicted octanol–water partition coefficient (Wildman–Crippen LogP) is 4.21. The summed E-state index contributed by atoms with van der Waals surface area (Å²) >= 11 is 0. The van der Waals surface area contributed by atoms with Gasteiger partial charge in [0.15, 0.2) is 0 Å². The summed E-state index contributed by atoms with van der Waals surface area (Å²) in [6, 6.07) is 20.9. The Morgan fingerprint density at radius 2 is 1.59 bits per heavy atom. The Morgan fingerprint density at radius 3 is 2.23 bits per heavy atom. The van der Waals surface area contributed by atoms with E-state index in [1.165, 1.54) is 0 Å². The van der Waals surface area contributed by atoms with Crippen LogP contribution in [-0.4, -0.2) is 7.11 Å². The molecule has 0 heterocycles. The molecule has 0 aromatic heterocycles. The van der Waals surface area contributed by atoms with Crippen LogP contribution in [-0.2, 0) is 0 Å². The molecule has 0 amide bonds. The minimum atomic E-state index is 0.0809. The van der Waals surface area contributed by atoms with Gasteiger partial charge < -0.3 is 4.74 Å². The van der Waals surface area contributed by atoms with Crippen LogP contribution in [0.2, 0.25) is 0 Å². The van der Waals surface area contributed by atoms with E-state index >= 15 is 0 Å². The molecular formula is C19H14N2O. The molecule has 22 heavy (non-hydrogen) atoms. The lowest BCUT2D eigenvalue weighted by Crippen LogP contribution is -1.88. The standard InChI is InChI=1S/C19H14N2O/c1-22-19-10-6-5-9-16(19)11-12-18(17(13-20)14-21)15-7-3-2-4-8-15/h2-12H,1H3/b12-11+. The van der Waals surface area contributed by atoms with E-state index in [2.05, 4.69) is 0 Å². The molecule has 0 aliphatic heterocycles. The van der Waals surface area contributed by atoms with Crippen molar-refractivity contribution in [2.75, 3.05) is 7.11 Å². The van der Waals surface area contributed by atoms with Gasteiger partial charge in [0, 0.05) is 11.1 Å². The average molecular weight is 286 g/mol. The van der Waals surface area contributed by atoms with Crippen molar-refractivity contribution in [2.45, 2.75) is 0 Å². The van der Waals surface area contributed by atoms with Gasteiger partial charge in [-0.1, -0.05) is 60.7 Å². The zero-order chi connectivity index (χ0) is 15.8. The van der Waals surface area contributed by atoms with Crippen LogP contribution in [0.1, 0.15) is 11.1 Å². The fourth-order valence-corrected chi connectivity index (χ4v) is 2.06. The second-order valence-electron chi connectivity index (χ2n) is 4.45. The van der Waals surface area contributed by atoms with Gasteiger partial charge >= 0.3 is 0 Å². The normalized spacial score (nSPS) is 9.77. The summed E-state index contributed by atoms with van der Waals surface area (Å²) in [5, 5.41) is 18.3. The van der Waals surface area contributed by atoms with E-state index in [0.717, 1.165) is 16.9 Å².